The Kier molecular flexibility index (Phi) is 6.26. The topological polar surface area (TPSA) is 82.1 Å². The van der Waals surface area contributed by atoms with Gasteiger partial charge in [-0.2, -0.15) is 4.31 Å². The summed E-state index contributed by atoms with van der Waals surface area (Å²) in [6.07, 6.45) is 1.56. The Morgan fingerprint density at radius 2 is 1.48 bits per heavy atom. The third-order valence-electron chi connectivity index (χ3n) is 5.77. The fraction of sp³-hybridized carbons (Fsp3) is 0.500. The molecule has 0 bridgehead atoms. The van der Waals surface area contributed by atoms with Gasteiger partial charge in [0.15, 0.2) is 0 Å². The van der Waals surface area contributed by atoms with Crippen molar-refractivity contribution in [3.63, 3.8) is 0 Å². The monoisotopic (exact) mass is 450 g/mol. The molecule has 9 nitrogen and oxygen atoms in total. The van der Waals surface area contributed by atoms with Gasteiger partial charge in [0.05, 0.1) is 7.11 Å². The second-order valence-corrected chi connectivity index (χ2v) is 9.62. The molecule has 3 heterocycles. The van der Waals surface area contributed by atoms with Crippen LogP contribution in [0.4, 0.5) is 16.0 Å². The molecule has 2 aliphatic heterocycles. The number of hydrogen-bond donors (Lipinski definition) is 0. The highest BCUT2D eigenvalue weighted by Gasteiger charge is 2.32. The average Bonchev–Trinajstić information content (AvgIpc) is 2.80. The molecule has 0 unspecified atom stereocenters. The highest BCUT2D eigenvalue weighted by molar-refractivity contribution is 7.89. The first-order chi connectivity index (χ1) is 14.9. The third-order valence-corrected chi connectivity index (χ3v) is 7.69. The van der Waals surface area contributed by atoms with Crippen LogP contribution in [0.3, 0.4) is 0 Å². The van der Waals surface area contributed by atoms with Crippen LogP contribution in [-0.2, 0) is 10.0 Å². The molecular formula is C20H27FN6O3S. The van der Waals surface area contributed by atoms with E-state index in [0.29, 0.717) is 13.1 Å². The maximum absolute atomic E-state index is 13.7. The van der Waals surface area contributed by atoms with Crippen molar-refractivity contribution in [2.45, 2.75) is 4.90 Å². The molecule has 2 fully saturated rings. The van der Waals surface area contributed by atoms with Crippen molar-refractivity contribution < 1.29 is 17.5 Å². The van der Waals surface area contributed by atoms with Crippen LogP contribution in [0.5, 0.6) is 5.75 Å². The lowest BCUT2D eigenvalue weighted by atomic mass is 10.3. The molecule has 2 aromatic rings. The predicted molar refractivity (Wildman–Crippen MR) is 116 cm³/mol. The zero-order valence-corrected chi connectivity index (χ0v) is 18.6. The van der Waals surface area contributed by atoms with Gasteiger partial charge < -0.3 is 19.4 Å². The number of rotatable bonds is 5. The van der Waals surface area contributed by atoms with Gasteiger partial charge in [-0.05, 0) is 25.2 Å². The predicted octanol–water partition coefficient (Wildman–Crippen LogP) is 0.887. The number of methoxy groups -OCH3 is 1. The molecule has 31 heavy (non-hydrogen) atoms. The van der Waals surface area contributed by atoms with Gasteiger partial charge in [-0.1, -0.05) is 0 Å². The van der Waals surface area contributed by atoms with E-state index >= 15 is 0 Å². The SMILES string of the molecule is COc1ccc(F)cc1S(=O)(=O)N1CCN(c2cc(N3CCN(C)CC3)ncn2)CC1. The molecule has 168 valence electrons. The summed E-state index contributed by atoms with van der Waals surface area (Å²) in [5, 5.41) is 0. The number of halogens is 1. The number of sulfonamides is 1. The number of nitrogens with zero attached hydrogens (tertiary/aromatic N) is 6. The van der Waals surface area contributed by atoms with Crippen LogP contribution in [-0.4, -0.2) is 94.1 Å². The number of hydrogen-bond acceptors (Lipinski definition) is 8. The van der Waals surface area contributed by atoms with Crippen LogP contribution in [0.2, 0.25) is 0 Å². The van der Waals surface area contributed by atoms with E-state index < -0.39 is 15.8 Å². The maximum Gasteiger partial charge on any atom is 0.246 e. The summed E-state index contributed by atoms with van der Waals surface area (Å²) < 4.78 is 46.4. The Morgan fingerprint density at radius 1 is 0.903 bits per heavy atom. The lowest BCUT2D eigenvalue weighted by Crippen LogP contribution is -2.49. The van der Waals surface area contributed by atoms with Crippen molar-refractivity contribution >= 4 is 21.7 Å². The largest absolute Gasteiger partial charge is 0.495 e. The van der Waals surface area contributed by atoms with Crippen LogP contribution in [0.25, 0.3) is 0 Å². The number of piperazine rings is 2. The molecule has 0 amide bonds. The average molecular weight is 451 g/mol. The Hall–Kier alpha value is -2.50. The first kappa shape index (κ1) is 21.7. The molecule has 0 spiro atoms. The summed E-state index contributed by atoms with van der Waals surface area (Å²) in [4.78, 5) is 15.2. The van der Waals surface area contributed by atoms with Crippen LogP contribution in [0, 0.1) is 5.82 Å². The van der Waals surface area contributed by atoms with Gasteiger partial charge in [-0.3, -0.25) is 0 Å². The first-order valence-corrected chi connectivity index (χ1v) is 11.7. The summed E-state index contributed by atoms with van der Waals surface area (Å²) >= 11 is 0. The molecule has 1 aromatic heterocycles. The molecule has 11 heteroatoms. The molecule has 0 radical (unpaired) electrons. The zero-order chi connectivity index (χ0) is 22.0. The molecule has 2 saturated heterocycles. The Balaban J connectivity index is 1.46. The highest BCUT2D eigenvalue weighted by atomic mass is 32.2. The van der Waals surface area contributed by atoms with E-state index in [1.807, 2.05) is 6.07 Å². The van der Waals surface area contributed by atoms with Gasteiger partial charge in [0.1, 0.15) is 34.4 Å². The molecule has 0 N–H and O–H groups in total. The molecule has 0 atom stereocenters. The fourth-order valence-electron chi connectivity index (χ4n) is 3.87. The number of ether oxygens (including phenoxy) is 1. The van der Waals surface area contributed by atoms with E-state index in [1.165, 1.54) is 23.5 Å². The fourth-order valence-corrected chi connectivity index (χ4v) is 5.46. The Bertz CT molecular complexity index is 1020. The van der Waals surface area contributed by atoms with Crippen molar-refractivity contribution in [3.8, 4) is 5.75 Å². The van der Waals surface area contributed by atoms with E-state index in [0.717, 1.165) is 43.9 Å². The van der Waals surface area contributed by atoms with Crippen LogP contribution in [0.1, 0.15) is 0 Å². The van der Waals surface area contributed by atoms with E-state index in [4.69, 9.17) is 4.74 Å². The second-order valence-electron chi connectivity index (χ2n) is 7.71. The standard InChI is InChI=1S/C20H27FN6O3S/c1-24-5-7-25(8-6-24)19-14-20(23-15-22-19)26-9-11-27(12-10-26)31(28,29)18-13-16(21)3-4-17(18)30-2/h3-4,13-15H,5-12H2,1-2H3. The Morgan fingerprint density at radius 3 is 2.06 bits per heavy atom. The minimum atomic E-state index is -3.87. The molecule has 1 aromatic carbocycles. The number of aromatic nitrogens is 2. The molecule has 2 aliphatic rings. The quantitative estimate of drug-likeness (QED) is 0.664. The minimum Gasteiger partial charge on any atom is -0.495 e. The van der Waals surface area contributed by atoms with E-state index in [1.54, 1.807) is 6.33 Å². The van der Waals surface area contributed by atoms with E-state index in [2.05, 4.69) is 31.7 Å². The van der Waals surface area contributed by atoms with E-state index in [9.17, 15) is 12.8 Å². The molecule has 4 rings (SSSR count). The smallest absolute Gasteiger partial charge is 0.246 e. The summed E-state index contributed by atoms with van der Waals surface area (Å²) in [6, 6.07) is 5.49. The van der Waals surface area contributed by atoms with Gasteiger partial charge >= 0.3 is 0 Å². The van der Waals surface area contributed by atoms with Crippen LogP contribution >= 0.6 is 0 Å². The summed E-state index contributed by atoms with van der Waals surface area (Å²) in [7, 11) is -0.388. The second kappa shape index (κ2) is 8.93. The van der Waals surface area contributed by atoms with E-state index in [-0.39, 0.29) is 23.7 Å². The number of benzene rings is 1. The van der Waals surface area contributed by atoms with Gasteiger partial charge in [0.25, 0.3) is 0 Å². The third kappa shape index (κ3) is 4.58. The van der Waals surface area contributed by atoms with Crippen molar-refractivity contribution in [1.29, 1.82) is 0 Å². The molecular weight excluding hydrogens is 423 g/mol. The summed E-state index contributed by atoms with van der Waals surface area (Å²) in [5.41, 5.74) is 0. The first-order valence-electron chi connectivity index (χ1n) is 10.2. The van der Waals surface area contributed by atoms with Crippen molar-refractivity contribution in [1.82, 2.24) is 19.2 Å². The lowest BCUT2D eigenvalue weighted by molar-refractivity contribution is 0.312. The molecule has 0 aliphatic carbocycles. The summed E-state index contributed by atoms with van der Waals surface area (Å²) in [5.74, 6) is 1.19. The highest BCUT2D eigenvalue weighted by Crippen LogP contribution is 2.29. The Labute approximate surface area is 182 Å². The van der Waals surface area contributed by atoms with Crippen molar-refractivity contribution in [2.75, 3.05) is 76.3 Å². The van der Waals surface area contributed by atoms with Crippen LogP contribution in [0.15, 0.2) is 35.5 Å². The van der Waals surface area contributed by atoms with Crippen molar-refractivity contribution in [3.05, 3.63) is 36.4 Å². The normalized spacial score (nSPS) is 18.9. The van der Waals surface area contributed by atoms with Crippen LogP contribution < -0.4 is 14.5 Å². The number of anilines is 2. The van der Waals surface area contributed by atoms with Gasteiger partial charge in [0.2, 0.25) is 10.0 Å². The van der Waals surface area contributed by atoms with Gasteiger partial charge in [-0.15, -0.1) is 0 Å². The zero-order valence-electron chi connectivity index (χ0n) is 17.7. The van der Waals surface area contributed by atoms with Crippen molar-refractivity contribution in [2.24, 2.45) is 0 Å². The minimum absolute atomic E-state index is 0.136. The number of likely N-dealkylation sites (N-methyl/N-ethyl adjacent to an activating group) is 1. The molecule has 0 saturated carbocycles. The van der Waals surface area contributed by atoms with Gasteiger partial charge in [0, 0.05) is 58.4 Å². The lowest BCUT2D eigenvalue weighted by Gasteiger charge is -2.36. The summed E-state index contributed by atoms with van der Waals surface area (Å²) in [6.45, 7) is 5.31. The van der Waals surface area contributed by atoms with Gasteiger partial charge in [-0.25, -0.2) is 22.8 Å². The maximum atomic E-state index is 13.7.